The molecule has 1 aromatic carbocycles. The van der Waals surface area contributed by atoms with Crippen molar-refractivity contribution in [2.24, 2.45) is 0 Å². The summed E-state index contributed by atoms with van der Waals surface area (Å²) < 4.78 is 5.84. The van der Waals surface area contributed by atoms with Crippen LogP contribution in [0.1, 0.15) is 50.1 Å². The van der Waals surface area contributed by atoms with Crippen molar-refractivity contribution in [3.63, 3.8) is 0 Å². The smallest absolute Gasteiger partial charge is 0.246 e. The summed E-state index contributed by atoms with van der Waals surface area (Å²) in [6.07, 6.45) is 5.99. The number of nitrogens with zero attached hydrogens (tertiary/aromatic N) is 2. The van der Waals surface area contributed by atoms with E-state index in [9.17, 15) is 4.79 Å². The molecule has 1 saturated carbocycles. The summed E-state index contributed by atoms with van der Waals surface area (Å²) in [5.74, 6) is 0.570. The Labute approximate surface area is 180 Å². The van der Waals surface area contributed by atoms with Crippen LogP contribution in [0.25, 0.3) is 16.1 Å². The highest BCUT2D eigenvalue weighted by Gasteiger charge is 2.31. The van der Waals surface area contributed by atoms with Crippen molar-refractivity contribution in [1.29, 1.82) is 0 Å². The first-order valence-corrected chi connectivity index (χ1v) is 11.2. The molecule has 0 saturated heterocycles. The van der Waals surface area contributed by atoms with E-state index in [4.69, 9.17) is 9.84 Å². The van der Waals surface area contributed by atoms with E-state index in [1.54, 1.807) is 11.3 Å². The van der Waals surface area contributed by atoms with E-state index >= 15 is 0 Å². The van der Waals surface area contributed by atoms with Crippen LogP contribution < -0.4 is 10.1 Å². The number of amides is 1. The summed E-state index contributed by atoms with van der Waals surface area (Å²) in [7, 11) is 0. The zero-order chi connectivity index (χ0) is 21.3. The molecule has 4 rings (SSSR count). The number of carbonyl (C=O) groups is 1. The molecular weight excluding hydrogens is 398 g/mol. The maximum absolute atomic E-state index is 11.6. The third kappa shape index (κ3) is 4.18. The molecule has 0 bridgehead atoms. The highest BCUT2D eigenvalue weighted by molar-refractivity contribution is 7.15. The van der Waals surface area contributed by atoms with Gasteiger partial charge in [0.1, 0.15) is 22.4 Å². The number of aliphatic hydroxyl groups is 1. The summed E-state index contributed by atoms with van der Waals surface area (Å²) in [6.45, 7) is 5.62. The van der Waals surface area contributed by atoms with Crippen LogP contribution in [-0.4, -0.2) is 40.0 Å². The molecule has 30 heavy (non-hydrogen) atoms. The van der Waals surface area contributed by atoms with Crippen LogP contribution in [0.4, 0.5) is 0 Å². The average Bonchev–Trinajstić information content (AvgIpc) is 3.37. The van der Waals surface area contributed by atoms with Crippen molar-refractivity contribution in [2.45, 2.75) is 58.6 Å². The summed E-state index contributed by atoms with van der Waals surface area (Å²) in [5, 5.41) is 22.8. The lowest BCUT2D eigenvalue weighted by molar-refractivity contribution is -0.124. The molecule has 1 amide bonds. The first-order chi connectivity index (χ1) is 14.5. The standard InChI is InChI=1S/C23H27N3O3S/c1-13(2)29-20-10-7-15(11-14(20)3)22-25-26-23(30-22)18-6-4-5-17-16(18)8-9-19(17)24-21(28)12-27/h5,7,10-11,13,19,27H,4,6,8-9,12H2,1-3H3,(H,24,28)/t19-/m0/s1. The number of hydrogen-bond acceptors (Lipinski definition) is 6. The Bertz CT molecular complexity index is 1020. The minimum Gasteiger partial charge on any atom is -0.491 e. The Morgan fingerprint density at radius 2 is 2.07 bits per heavy atom. The molecule has 7 heteroatoms. The Morgan fingerprint density at radius 3 is 2.80 bits per heavy atom. The second-order valence-electron chi connectivity index (χ2n) is 8.03. The third-order valence-electron chi connectivity index (χ3n) is 5.48. The van der Waals surface area contributed by atoms with Gasteiger partial charge in [-0.25, -0.2) is 0 Å². The highest BCUT2D eigenvalue weighted by atomic mass is 32.1. The number of carbonyl (C=O) groups excluding carboxylic acids is 1. The van der Waals surface area contributed by atoms with E-state index in [1.807, 2.05) is 32.9 Å². The lowest BCUT2D eigenvalue weighted by atomic mass is 9.92. The highest BCUT2D eigenvalue weighted by Crippen LogP contribution is 2.43. The second kappa shape index (κ2) is 8.70. The van der Waals surface area contributed by atoms with E-state index in [-0.39, 0.29) is 18.1 Å². The number of aryl methyl sites for hydroxylation is 1. The fourth-order valence-corrected chi connectivity index (χ4v) is 5.11. The maximum atomic E-state index is 11.6. The minimum atomic E-state index is -0.476. The number of rotatable bonds is 6. The van der Waals surface area contributed by atoms with Crippen LogP contribution in [0.2, 0.25) is 0 Å². The lowest BCUT2D eigenvalue weighted by Gasteiger charge is -2.19. The van der Waals surface area contributed by atoms with Crippen molar-refractivity contribution < 1.29 is 14.6 Å². The van der Waals surface area contributed by atoms with E-state index in [0.29, 0.717) is 0 Å². The van der Waals surface area contributed by atoms with Crippen LogP contribution in [0.15, 0.2) is 35.4 Å². The van der Waals surface area contributed by atoms with Gasteiger partial charge in [0.25, 0.3) is 0 Å². The van der Waals surface area contributed by atoms with Crippen LogP contribution in [0.5, 0.6) is 5.75 Å². The van der Waals surface area contributed by atoms with Gasteiger partial charge in [-0.2, -0.15) is 0 Å². The molecule has 2 N–H and O–H groups in total. The summed E-state index contributed by atoms with van der Waals surface area (Å²) >= 11 is 1.61. The van der Waals surface area contributed by atoms with E-state index < -0.39 is 6.61 Å². The lowest BCUT2D eigenvalue weighted by Crippen LogP contribution is -2.36. The first-order valence-electron chi connectivity index (χ1n) is 10.4. The molecule has 158 valence electrons. The molecule has 2 aromatic rings. The number of aromatic nitrogens is 2. The van der Waals surface area contributed by atoms with Crippen molar-refractivity contribution in [1.82, 2.24) is 15.5 Å². The van der Waals surface area contributed by atoms with Gasteiger partial charge in [0.05, 0.1) is 12.1 Å². The number of ether oxygens (including phenoxy) is 1. The van der Waals surface area contributed by atoms with Gasteiger partial charge in [-0.05, 0) is 86.9 Å². The first kappa shape index (κ1) is 20.8. The van der Waals surface area contributed by atoms with Crippen LogP contribution >= 0.6 is 11.3 Å². The fourth-order valence-electron chi connectivity index (χ4n) is 4.17. The predicted octanol–water partition coefficient (Wildman–Crippen LogP) is 4.05. The van der Waals surface area contributed by atoms with Gasteiger partial charge in [-0.3, -0.25) is 4.79 Å². The van der Waals surface area contributed by atoms with Crippen LogP contribution in [0, 0.1) is 6.92 Å². The monoisotopic (exact) mass is 425 g/mol. The molecule has 1 heterocycles. The van der Waals surface area contributed by atoms with Gasteiger partial charge in [0.15, 0.2) is 0 Å². The third-order valence-corrected chi connectivity index (χ3v) is 6.51. The Kier molecular flexibility index (Phi) is 6.01. The number of allylic oxidation sites excluding steroid dienone is 2. The van der Waals surface area contributed by atoms with Crippen molar-refractivity contribution >= 4 is 22.8 Å². The Morgan fingerprint density at radius 1 is 1.27 bits per heavy atom. The molecule has 1 atom stereocenters. The maximum Gasteiger partial charge on any atom is 0.246 e. The second-order valence-corrected chi connectivity index (χ2v) is 9.01. The molecule has 2 aliphatic carbocycles. The number of aliphatic hydroxyl groups excluding tert-OH is 1. The number of benzene rings is 1. The zero-order valence-corrected chi connectivity index (χ0v) is 18.4. The quantitative estimate of drug-likeness (QED) is 0.730. The van der Waals surface area contributed by atoms with Crippen LogP contribution in [-0.2, 0) is 4.79 Å². The SMILES string of the molecule is Cc1cc(-c2nnc(C3=C4CC[C@H](NC(=O)CO)C4=CCC3)s2)ccc1OC(C)C. The van der Waals surface area contributed by atoms with Crippen LogP contribution in [0.3, 0.4) is 0 Å². The molecule has 2 aliphatic rings. The average molecular weight is 426 g/mol. The van der Waals surface area contributed by atoms with E-state index in [1.165, 1.54) is 16.7 Å². The normalized spacial score (nSPS) is 18.4. The molecule has 0 aliphatic heterocycles. The molecule has 1 fully saturated rings. The van der Waals surface area contributed by atoms with Gasteiger partial charge < -0.3 is 15.2 Å². The van der Waals surface area contributed by atoms with Gasteiger partial charge in [0, 0.05) is 5.56 Å². The molecule has 0 unspecified atom stereocenters. The largest absolute Gasteiger partial charge is 0.491 e. The summed E-state index contributed by atoms with van der Waals surface area (Å²) in [6, 6.07) is 6.12. The zero-order valence-electron chi connectivity index (χ0n) is 17.6. The van der Waals surface area contributed by atoms with Gasteiger partial charge in [0.2, 0.25) is 5.91 Å². The molecular formula is C23H27N3O3S. The Balaban J connectivity index is 1.58. The summed E-state index contributed by atoms with van der Waals surface area (Å²) in [4.78, 5) is 11.6. The molecule has 6 nitrogen and oxygen atoms in total. The molecule has 0 radical (unpaired) electrons. The topological polar surface area (TPSA) is 84.3 Å². The number of fused-ring (bicyclic) bond motifs is 1. The van der Waals surface area contributed by atoms with Gasteiger partial charge in [-0.15, -0.1) is 10.2 Å². The fraction of sp³-hybridized carbons (Fsp3) is 0.435. The Hall–Kier alpha value is -2.51. The van der Waals surface area contributed by atoms with Gasteiger partial charge in [-0.1, -0.05) is 17.4 Å². The van der Waals surface area contributed by atoms with E-state index in [2.05, 4.69) is 27.7 Å². The number of nitrogens with one attached hydrogen (secondary N) is 1. The van der Waals surface area contributed by atoms with Gasteiger partial charge >= 0.3 is 0 Å². The molecule has 0 spiro atoms. The van der Waals surface area contributed by atoms with Crippen molar-refractivity contribution in [3.8, 4) is 16.3 Å². The minimum absolute atomic E-state index is 0.0153. The van der Waals surface area contributed by atoms with Crippen molar-refractivity contribution in [3.05, 3.63) is 46.0 Å². The number of hydrogen-bond donors (Lipinski definition) is 2. The summed E-state index contributed by atoms with van der Waals surface area (Å²) in [5.41, 5.74) is 5.84. The van der Waals surface area contributed by atoms with Crippen molar-refractivity contribution in [2.75, 3.05) is 6.61 Å². The predicted molar refractivity (Wildman–Crippen MR) is 118 cm³/mol. The van der Waals surface area contributed by atoms with E-state index in [0.717, 1.165) is 52.6 Å². The molecule has 1 aromatic heterocycles.